The highest BCUT2D eigenvalue weighted by Crippen LogP contribution is 2.21. The van der Waals surface area contributed by atoms with Crippen molar-refractivity contribution in [1.82, 2.24) is 9.55 Å². The average Bonchev–Trinajstić information content (AvgIpc) is 3.22. The van der Waals surface area contributed by atoms with Gasteiger partial charge in [-0.1, -0.05) is 41.9 Å². The number of nitrogens with two attached hydrogens (primary N) is 1. The van der Waals surface area contributed by atoms with Crippen molar-refractivity contribution in [3.8, 4) is 5.75 Å². The van der Waals surface area contributed by atoms with Crippen LogP contribution in [-0.2, 0) is 19.4 Å². The zero-order valence-corrected chi connectivity index (χ0v) is 18.2. The molecule has 0 aliphatic rings. The van der Waals surface area contributed by atoms with Gasteiger partial charge in [-0.3, -0.25) is 4.79 Å². The predicted octanol–water partition coefficient (Wildman–Crippen LogP) is 4.03. The van der Waals surface area contributed by atoms with Gasteiger partial charge in [0.05, 0.1) is 19.0 Å². The first-order valence-corrected chi connectivity index (χ1v) is 10.8. The minimum Gasteiger partial charge on any atom is -0.493 e. The van der Waals surface area contributed by atoms with Gasteiger partial charge in [0.25, 0.3) is 5.91 Å². The van der Waals surface area contributed by atoms with E-state index in [1.54, 1.807) is 10.8 Å². The van der Waals surface area contributed by atoms with Crippen LogP contribution in [0.2, 0.25) is 5.02 Å². The maximum Gasteiger partial charge on any atom is 0.268 e. The molecule has 0 aliphatic heterocycles. The summed E-state index contributed by atoms with van der Waals surface area (Å²) in [6.45, 7) is 1.02. The van der Waals surface area contributed by atoms with Crippen LogP contribution in [0.1, 0.15) is 40.9 Å². The molecule has 2 aromatic carbocycles. The molecule has 1 unspecified atom stereocenters. The second kappa shape index (κ2) is 11.5. The van der Waals surface area contributed by atoms with Gasteiger partial charge in [-0.05, 0) is 61.4 Å². The lowest BCUT2D eigenvalue weighted by Gasteiger charge is -2.13. The summed E-state index contributed by atoms with van der Waals surface area (Å²) >= 11 is 5.92. The number of hydrogen-bond donors (Lipinski definition) is 2. The van der Waals surface area contributed by atoms with E-state index < -0.39 is 12.0 Å². The van der Waals surface area contributed by atoms with E-state index in [2.05, 4.69) is 11.1 Å². The molecule has 3 N–H and O–H groups in total. The molecule has 0 saturated carbocycles. The molecule has 1 aromatic heterocycles. The molecule has 0 bridgehead atoms. The van der Waals surface area contributed by atoms with Gasteiger partial charge in [-0.25, -0.2) is 4.98 Å². The molecule has 0 aliphatic carbocycles. The summed E-state index contributed by atoms with van der Waals surface area (Å²) in [7, 11) is 0. The number of rotatable bonds is 12. The van der Waals surface area contributed by atoms with Crippen molar-refractivity contribution in [2.24, 2.45) is 5.73 Å². The number of aromatic nitrogens is 2. The third-order valence-corrected chi connectivity index (χ3v) is 5.30. The normalized spacial score (nSPS) is 11.9. The van der Waals surface area contributed by atoms with Gasteiger partial charge >= 0.3 is 0 Å². The minimum absolute atomic E-state index is 0.203. The number of para-hydroxylation sites is 1. The van der Waals surface area contributed by atoms with Crippen LogP contribution < -0.4 is 10.5 Å². The lowest BCUT2D eigenvalue weighted by molar-refractivity contribution is 0.0995. The van der Waals surface area contributed by atoms with Crippen LogP contribution in [-0.4, -0.2) is 33.3 Å². The van der Waals surface area contributed by atoms with Crippen LogP contribution in [0.5, 0.6) is 5.75 Å². The van der Waals surface area contributed by atoms with Crippen molar-refractivity contribution < 1.29 is 14.6 Å². The first kappa shape index (κ1) is 22.8. The smallest absolute Gasteiger partial charge is 0.268 e. The number of ether oxygens (including phenoxy) is 1. The van der Waals surface area contributed by atoms with E-state index in [-0.39, 0.29) is 5.69 Å². The monoisotopic (exact) mass is 441 g/mol. The number of halogens is 1. The summed E-state index contributed by atoms with van der Waals surface area (Å²) < 4.78 is 7.70. The second-order valence-corrected chi connectivity index (χ2v) is 7.99. The van der Waals surface area contributed by atoms with Crippen molar-refractivity contribution in [3.63, 3.8) is 0 Å². The molecule has 3 rings (SSSR count). The summed E-state index contributed by atoms with van der Waals surface area (Å²) in [5.74, 6) is 0.326. The Kier molecular flexibility index (Phi) is 8.50. The minimum atomic E-state index is -0.571. The summed E-state index contributed by atoms with van der Waals surface area (Å²) in [4.78, 5) is 15.0. The van der Waals surface area contributed by atoms with Gasteiger partial charge in [0.1, 0.15) is 11.4 Å². The molecule has 0 saturated heterocycles. The Morgan fingerprint density at radius 3 is 2.65 bits per heavy atom. The van der Waals surface area contributed by atoms with Crippen molar-refractivity contribution in [1.29, 1.82) is 0 Å². The zero-order chi connectivity index (χ0) is 22.1. The third-order valence-electron chi connectivity index (χ3n) is 5.04. The van der Waals surface area contributed by atoms with Gasteiger partial charge in [0, 0.05) is 17.8 Å². The number of aliphatic hydroxyl groups is 1. The summed E-state index contributed by atoms with van der Waals surface area (Å²) in [5.41, 5.74) is 7.79. The molecule has 0 spiro atoms. The van der Waals surface area contributed by atoms with Crippen molar-refractivity contribution in [2.45, 2.75) is 44.8 Å². The van der Waals surface area contributed by atoms with Crippen LogP contribution in [0.3, 0.4) is 0 Å². The molecular formula is C24H28ClN3O3. The first-order valence-electron chi connectivity index (χ1n) is 10.5. The van der Waals surface area contributed by atoms with E-state index in [0.717, 1.165) is 42.0 Å². The van der Waals surface area contributed by atoms with Gasteiger partial charge in [-0.15, -0.1) is 0 Å². The number of carbonyl (C=O) groups excluding carboxylic acids is 1. The van der Waals surface area contributed by atoms with Crippen LogP contribution in [0.15, 0.2) is 61.1 Å². The quantitative estimate of drug-likeness (QED) is 0.415. The Morgan fingerprint density at radius 1 is 1.13 bits per heavy atom. The van der Waals surface area contributed by atoms with Gasteiger partial charge in [0.2, 0.25) is 0 Å². The van der Waals surface area contributed by atoms with E-state index in [1.165, 1.54) is 11.9 Å². The number of hydrogen-bond acceptors (Lipinski definition) is 4. The molecule has 6 nitrogen and oxygen atoms in total. The molecule has 31 heavy (non-hydrogen) atoms. The fourth-order valence-corrected chi connectivity index (χ4v) is 3.54. The highest BCUT2D eigenvalue weighted by Gasteiger charge is 2.10. The summed E-state index contributed by atoms with van der Waals surface area (Å²) in [5, 5.41) is 11.0. The molecule has 3 aromatic rings. The Bertz CT molecular complexity index is 972. The van der Waals surface area contributed by atoms with Crippen LogP contribution in [0.25, 0.3) is 0 Å². The third kappa shape index (κ3) is 7.42. The first-order chi connectivity index (χ1) is 15.0. The fraction of sp³-hybridized carbons (Fsp3) is 0.333. The Morgan fingerprint density at radius 2 is 1.90 bits per heavy atom. The molecule has 7 heteroatoms. The predicted molar refractivity (Wildman–Crippen MR) is 121 cm³/mol. The lowest BCUT2D eigenvalue weighted by atomic mass is 10.0. The highest BCUT2D eigenvalue weighted by atomic mass is 35.5. The van der Waals surface area contributed by atoms with Crippen molar-refractivity contribution in [3.05, 3.63) is 82.9 Å². The number of primary amides is 1. The maximum absolute atomic E-state index is 11.1. The van der Waals surface area contributed by atoms with E-state index >= 15 is 0 Å². The summed E-state index contributed by atoms with van der Waals surface area (Å²) in [6, 6.07) is 15.9. The Labute approximate surface area is 187 Å². The molecule has 1 amide bonds. The topological polar surface area (TPSA) is 90.4 Å². The standard InChI is InChI=1S/C24H28ClN3O3/c25-20-12-10-18(11-13-20)5-4-14-31-23-9-2-1-6-19(23)7-3-8-21(29)15-28-16-22(24(26)30)27-17-28/h1-2,6,9-13,16-17,21,29H,3-5,7-8,14-15H2,(H2,26,30). The fourth-order valence-electron chi connectivity index (χ4n) is 3.41. The highest BCUT2D eigenvalue weighted by molar-refractivity contribution is 6.30. The number of benzene rings is 2. The number of nitrogens with zero attached hydrogens (tertiary/aromatic N) is 2. The lowest BCUT2D eigenvalue weighted by Crippen LogP contribution is -2.15. The van der Waals surface area contributed by atoms with Crippen molar-refractivity contribution >= 4 is 17.5 Å². The second-order valence-electron chi connectivity index (χ2n) is 7.55. The number of imidazole rings is 1. The molecule has 1 heterocycles. The number of aliphatic hydroxyl groups excluding tert-OH is 1. The SMILES string of the molecule is NC(=O)c1cn(CC(O)CCCc2ccccc2OCCCc2ccc(Cl)cc2)cn1. The van der Waals surface area contributed by atoms with Gasteiger partial charge in [-0.2, -0.15) is 0 Å². The number of aryl methyl sites for hydroxylation is 2. The Hall–Kier alpha value is -2.83. The molecule has 1 atom stereocenters. The molecule has 164 valence electrons. The number of amides is 1. The van der Waals surface area contributed by atoms with Crippen molar-refractivity contribution in [2.75, 3.05) is 6.61 Å². The van der Waals surface area contributed by atoms with Crippen LogP contribution in [0, 0.1) is 0 Å². The van der Waals surface area contributed by atoms with E-state index in [0.29, 0.717) is 19.6 Å². The average molecular weight is 442 g/mol. The van der Waals surface area contributed by atoms with E-state index in [4.69, 9.17) is 22.1 Å². The van der Waals surface area contributed by atoms with Crippen LogP contribution in [0.4, 0.5) is 0 Å². The van der Waals surface area contributed by atoms with Crippen LogP contribution >= 0.6 is 11.6 Å². The van der Waals surface area contributed by atoms with E-state index in [1.807, 2.05) is 42.5 Å². The van der Waals surface area contributed by atoms with Gasteiger partial charge in [0.15, 0.2) is 0 Å². The molecule has 0 radical (unpaired) electrons. The Balaban J connectivity index is 1.41. The van der Waals surface area contributed by atoms with Gasteiger partial charge < -0.3 is 20.1 Å². The largest absolute Gasteiger partial charge is 0.493 e. The summed E-state index contributed by atoms with van der Waals surface area (Å²) in [6.07, 6.45) is 6.68. The van der Waals surface area contributed by atoms with E-state index in [9.17, 15) is 9.90 Å². The molecular weight excluding hydrogens is 414 g/mol. The maximum atomic E-state index is 11.1. The molecule has 0 fully saturated rings. The zero-order valence-electron chi connectivity index (χ0n) is 17.4. The number of carbonyl (C=O) groups is 1.